The lowest BCUT2D eigenvalue weighted by molar-refractivity contribution is 0.424. The van der Waals surface area contributed by atoms with Gasteiger partial charge < -0.3 is 0 Å². The Kier molecular flexibility index (Phi) is 5.83. The number of hydrogen-bond donors (Lipinski definition) is 0. The summed E-state index contributed by atoms with van der Waals surface area (Å²) in [7, 11) is 0. The van der Waals surface area contributed by atoms with Crippen LogP contribution in [0.1, 0.15) is 96.3 Å². The third kappa shape index (κ3) is 4.37. The molecule has 1 aliphatic heterocycles. The van der Waals surface area contributed by atoms with Crippen LogP contribution in [-0.2, 0) is 0 Å². The van der Waals surface area contributed by atoms with Crippen LogP contribution in [0.4, 0.5) is 0 Å². The molecule has 21 heavy (non-hydrogen) atoms. The van der Waals surface area contributed by atoms with E-state index in [-0.39, 0.29) is 0 Å². The molecule has 1 fully saturated rings. The first-order valence-electron chi connectivity index (χ1n) is 9.59. The molecule has 0 saturated heterocycles. The summed E-state index contributed by atoms with van der Waals surface area (Å²) in [5, 5.41) is 5.04. The van der Waals surface area contributed by atoms with Gasteiger partial charge in [0.25, 0.3) is 0 Å². The highest BCUT2D eigenvalue weighted by molar-refractivity contribution is 5.38. The first-order valence-corrected chi connectivity index (χ1v) is 9.59. The minimum atomic E-state index is 0.759. The lowest BCUT2D eigenvalue weighted by Crippen LogP contribution is -2.12. The first-order chi connectivity index (χ1) is 10.4. The van der Waals surface area contributed by atoms with Gasteiger partial charge in [-0.25, -0.2) is 0 Å². The van der Waals surface area contributed by atoms with Crippen molar-refractivity contribution in [3.05, 3.63) is 23.0 Å². The van der Waals surface area contributed by atoms with Crippen molar-refractivity contribution in [1.82, 2.24) is 5.32 Å². The summed E-state index contributed by atoms with van der Waals surface area (Å²) in [4.78, 5) is 0. The molecule has 3 aliphatic rings. The molecule has 2 aliphatic carbocycles. The number of hydrogen-bond acceptors (Lipinski definition) is 0. The lowest BCUT2D eigenvalue weighted by Gasteiger charge is -2.19. The van der Waals surface area contributed by atoms with Crippen LogP contribution in [0.3, 0.4) is 0 Å². The van der Waals surface area contributed by atoms with E-state index in [0.29, 0.717) is 0 Å². The van der Waals surface area contributed by atoms with E-state index in [1.807, 2.05) is 0 Å². The summed E-state index contributed by atoms with van der Waals surface area (Å²) in [6.07, 6.45) is 23.5. The zero-order valence-electron chi connectivity index (χ0n) is 13.7. The van der Waals surface area contributed by atoms with E-state index in [1.165, 1.54) is 108 Å². The molecule has 1 heteroatoms. The highest BCUT2D eigenvalue weighted by Gasteiger charge is 2.25. The molecule has 0 aromatic rings. The van der Waals surface area contributed by atoms with Crippen molar-refractivity contribution < 1.29 is 0 Å². The van der Waals surface area contributed by atoms with E-state index in [9.17, 15) is 0 Å². The van der Waals surface area contributed by atoms with Crippen LogP contribution >= 0.6 is 0 Å². The summed E-state index contributed by atoms with van der Waals surface area (Å²) < 4.78 is 0. The number of allylic oxidation sites excluding steroid dienone is 4. The highest BCUT2D eigenvalue weighted by atomic mass is 14.9. The fourth-order valence-electron chi connectivity index (χ4n) is 4.23. The number of nitrogens with zero attached hydrogens (tertiary/aromatic N) is 1. The van der Waals surface area contributed by atoms with Gasteiger partial charge in [-0.05, 0) is 50.2 Å². The molecule has 0 spiro atoms. The highest BCUT2D eigenvalue weighted by Crippen LogP contribution is 2.36. The van der Waals surface area contributed by atoms with Gasteiger partial charge in [-0.2, -0.15) is 0 Å². The van der Waals surface area contributed by atoms with E-state index in [0.717, 1.165) is 5.92 Å². The van der Waals surface area contributed by atoms with Crippen LogP contribution in [0.2, 0.25) is 0 Å². The molecular formula is C20H32N. The van der Waals surface area contributed by atoms with Crippen LogP contribution < -0.4 is 5.32 Å². The Morgan fingerprint density at radius 3 is 1.86 bits per heavy atom. The largest absolute Gasteiger partial charge is 0.257 e. The fraction of sp³-hybridized carbons (Fsp3) is 0.800. The van der Waals surface area contributed by atoms with Crippen LogP contribution in [0.25, 0.3) is 0 Å². The van der Waals surface area contributed by atoms with Gasteiger partial charge in [0.15, 0.2) is 0 Å². The van der Waals surface area contributed by atoms with Gasteiger partial charge in [0, 0.05) is 17.3 Å². The summed E-state index contributed by atoms with van der Waals surface area (Å²) in [5.41, 5.74) is 4.49. The van der Waals surface area contributed by atoms with Gasteiger partial charge in [-0.15, -0.1) is 0 Å². The van der Waals surface area contributed by atoms with Gasteiger partial charge in [-0.3, -0.25) is 5.32 Å². The predicted molar refractivity (Wildman–Crippen MR) is 90.0 cm³/mol. The van der Waals surface area contributed by atoms with Crippen molar-refractivity contribution in [3.8, 4) is 0 Å². The molecule has 0 amide bonds. The maximum atomic E-state index is 5.04. The van der Waals surface area contributed by atoms with Crippen LogP contribution in [-0.4, -0.2) is 0 Å². The predicted octanol–water partition coefficient (Wildman–Crippen LogP) is 6.24. The third-order valence-corrected chi connectivity index (χ3v) is 5.59. The summed E-state index contributed by atoms with van der Waals surface area (Å²) in [6, 6.07) is 0. The Hall–Kier alpha value is -0.720. The molecule has 117 valence electrons. The molecule has 1 heterocycles. The zero-order chi connectivity index (χ0) is 14.3. The molecule has 0 aromatic heterocycles. The average molecular weight is 286 g/mol. The van der Waals surface area contributed by atoms with Gasteiger partial charge >= 0.3 is 0 Å². The zero-order valence-corrected chi connectivity index (χ0v) is 13.7. The van der Waals surface area contributed by atoms with Crippen LogP contribution in [0.15, 0.2) is 23.0 Å². The van der Waals surface area contributed by atoms with Gasteiger partial charge in [0.2, 0.25) is 0 Å². The summed E-state index contributed by atoms with van der Waals surface area (Å²) in [5.74, 6) is 0.759. The normalized spacial score (nSPS) is 26.4. The smallest absolute Gasteiger partial charge is 0.0441 e. The second kappa shape index (κ2) is 8.06. The maximum Gasteiger partial charge on any atom is 0.0441 e. The van der Waals surface area contributed by atoms with E-state index in [4.69, 9.17) is 5.32 Å². The quantitative estimate of drug-likeness (QED) is 0.542. The minimum absolute atomic E-state index is 0.759. The van der Waals surface area contributed by atoms with E-state index in [1.54, 1.807) is 5.57 Å². The van der Waals surface area contributed by atoms with Crippen molar-refractivity contribution in [2.24, 2.45) is 5.92 Å². The Balaban J connectivity index is 1.56. The first kappa shape index (κ1) is 15.2. The molecule has 0 unspecified atom stereocenters. The molecule has 3 rings (SSSR count). The van der Waals surface area contributed by atoms with Crippen molar-refractivity contribution in [1.29, 1.82) is 0 Å². The van der Waals surface area contributed by atoms with Gasteiger partial charge in [-0.1, -0.05) is 57.8 Å². The van der Waals surface area contributed by atoms with E-state index < -0.39 is 0 Å². The number of rotatable bonds is 1. The van der Waals surface area contributed by atoms with Crippen LogP contribution in [0.5, 0.6) is 0 Å². The van der Waals surface area contributed by atoms with Crippen molar-refractivity contribution in [2.45, 2.75) is 96.3 Å². The Morgan fingerprint density at radius 1 is 0.667 bits per heavy atom. The Morgan fingerprint density at radius 2 is 1.24 bits per heavy atom. The SMILES string of the molecule is C1=C(C2CCCCCCCCCCC2)[N]C2=C1CCCC2. The molecular weight excluding hydrogens is 254 g/mol. The Labute approximate surface area is 131 Å². The molecule has 0 atom stereocenters. The van der Waals surface area contributed by atoms with Crippen molar-refractivity contribution in [2.75, 3.05) is 0 Å². The molecule has 0 N–H and O–H groups in total. The average Bonchev–Trinajstić information content (AvgIpc) is 2.91. The summed E-state index contributed by atoms with van der Waals surface area (Å²) >= 11 is 0. The second-order valence-corrected chi connectivity index (χ2v) is 7.32. The standard InChI is InChI=1S/C20H32N/c1-2-4-6-8-12-17(13-9-7-5-3-1)20-16-18-14-10-11-15-19(18)21-20/h16-17H,1-15H2. The third-order valence-electron chi connectivity index (χ3n) is 5.59. The monoisotopic (exact) mass is 286 g/mol. The molecule has 1 saturated carbocycles. The van der Waals surface area contributed by atoms with E-state index >= 15 is 0 Å². The van der Waals surface area contributed by atoms with Gasteiger partial charge in [0.05, 0.1) is 0 Å². The van der Waals surface area contributed by atoms with Crippen molar-refractivity contribution >= 4 is 0 Å². The Bertz CT molecular complexity index is 379. The second-order valence-electron chi connectivity index (χ2n) is 7.32. The van der Waals surface area contributed by atoms with E-state index in [2.05, 4.69) is 6.08 Å². The van der Waals surface area contributed by atoms with Crippen molar-refractivity contribution in [3.63, 3.8) is 0 Å². The molecule has 0 bridgehead atoms. The van der Waals surface area contributed by atoms with Gasteiger partial charge in [0.1, 0.15) is 0 Å². The maximum absolute atomic E-state index is 5.04. The summed E-state index contributed by atoms with van der Waals surface area (Å²) in [6.45, 7) is 0. The topological polar surface area (TPSA) is 14.1 Å². The van der Waals surface area contributed by atoms with Crippen LogP contribution in [0, 0.1) is 5.92 Å². The lowest BCUT2D eigenvalue weighted by atomic mass is 9.90. The molecule has 0 aromatic carbocycles. The minimum Gasteiger partial charge on any atom is -0.257 e. The molecule has 1 nitrogen and oxygen atoms in total. The fourth-order valence-corrected chi connectivity index (χ4v) is 4.23. The molecule has 1 radical (unpaired) electrons.